The predicted octanol–water partition coefficient (Wildman–Crippen LogP) is 4.77. The molecule has 0 aliphatic carbocycles. The summed E-state index contributed by atoms with van der Waals surface area (Å²) in [5.41, 5.74) is 0.357. The molecule has 1 fully saturated rings. The van der Waals surface area contributed by atoms with Crippen molar-refractivity contribution in [2.75, 3.05) is 17.8 Å². The molecule has 3 rings (SSSR count). The first-order valence-electron chi connectivity index (χ1n) is 5.88. The van der Waals surface area contributed by atoms with E-state index in [4.69, 9.17) is 0 Å². The Bertz CT molecular complexity index is 597. The highest BCUT2D eigenvalue weighted by atomic mass is 32.2. The first-order valence-corrected chi connectivity index (χ1v) is 9.64. The third kappa shape index (κ3) is 3.51. The van der Waals surface area contributed by atoms with Gasteiger partial charge >= 0.3 is 6.18 Å². The normalized spacial score (nSPS) is 15.6. The van der Waals surface area contributed by atoms with Crippen LogP contribution in [0.15, 0.2) is 28.7 Å². The number of thioether (sulfide) groups is 1. The highest BCUT2D eigenvalue weighted by molar-refractivity contribution is 8.05. The van der Waals surface area contributed by atoms with Crippen molar-refractivity contribution in [2.45, 2.75) is 11.3 Å². The Kier molecular flexibility index (Phi) is 4.02. The molecule has 106 valence electrons. The van der Waals surface area contributed by atoms with E-state index in [1.165, 1.54) is 35.4 Å². The van der Waals surface area contributed by atoms with E-state index in [1.807, 2.05) is 5.38 Å². The van der Waals surface area contributed by atoms with Crippen molar-refractivity contribution in [1.29, 1.82) is 0 Å². The van der Waals surface area contributed by atoms with Gasteiger partial charge in [0.2, 0.25) is 0 Å². The molecule has 0 atom stereocenters. The second-order valence-electron chi connectivity index (χ2n) is 4.29. The van der Waals surface area contributed by atoms with Gasteiger partial charge in [0.1, 0.15) is 5.69 Å². The summed E-state index contributed by atoms with van der Waals surface area (Å²) in [5.74, 6) is 0. The summed E-state index contributed by atoms with van der Waals surface area (Å²) in [6.07, 6.45) is -1.99. The Morgan fingerprint density at radius 2 is 2.10 bits per heavy atom. The van der Waals surface area contributed by atoms with Crippen molar-refractivity contribution in [2.24, 2.45) is 0 Å². The van der Waals surface area contributed by atoms with Crippen LogP contribution >= 0.6 is 31.0 Å². The topological polar surface area (TPSA) is 25.8 Å². The van der Waals surface area contributed by atoms with Crippen molar-refractivity contribution < 1.29 is 13.2 Å². The lowest BCUT2D eigenvalue weighted by molar-refractivity contribution is -0.141. The summed E-state index contributed by atoms with van der Waals surface area (Å²) in [6.45, 7) is 0. The fourth-order valence-electron chi connectivity index (χ4n) is 1.53. The molecule has 20 heavy (non-hydrogen) atoms. The van der Waals surface area contributed by atoms with Crippen LogP contribution in [0.4, 0.5) is 13.2 Å². The molecular formula is C12H10F3N2PS2. The third-order valence-electron chi connectivity index (χ3n) is 2.69. The van der Waals surface area contributed by atoms with Gasteiger partial charge in [-0.05, 0) is 29.8 Å². The summed E-state index contributed by atoms with van der Waals surface area (Å²) in [7, 11) is 0.0378. The number of hydrogen-bond donors (Lipinski definition) is 0. The summed E-state index contributed by atoms with van der Waals surface area (Å²) >= 11 is 2.72. The number of thiophene rings is 1. The summed E-state index contributed by atoms with van der Waals surface area (Å²) in [4.78, 5) is 8.65. The van der Waals surface area contributed by atoms with Gasteiger partial charge < -0.3 is 0 Å². The highest BCUT2D eigenvalue weighted by Gasteiger charge is 2.34. The number of alkyl halides is 3. The van der Waals surface area contributed by atoms with Crippen molar-refractivity contribution >= 4 is 31.0 Å². The lowest BCUT2D eigenvalue weighted by atomic mass is 10.3. The molecule has 0 N–H and O–H groups in total. The quantitative estimate of drug-likeness (QED) is 0.458. The van der Waals surface area contributed by atoms with Gasteiger partial charge in [-0.3, -0.25) is 0 Å². The second-order valence-corrected chi connectivity index (χ2v) is 9.16. The van der Waals surface area contributed by atoms with Crippen molar-refractivity contribution in [3.8, 4) is 10.6 Å². The number of rotatable bonds is 4. The molecule has 8 heteroatoms. The van der Waals surface area contributed by atoms with Gasteiger partial charge in [0.15, 0.2) is 5.16 Å². The lowest BCUT2D eigenvalue weighted by Gasteiger charge is -2.09. The van der Waals surface area contributed by atoms with E-state index in [1.54, 1.807) is 12.1 Å². The Morgan fingerprint density at radius 3 is 2.70 bits per heavy atom. The van der Waals surface area contributed by atoms with E-state index in [0.29, 0.717) is 5.69 Å². The summed E-state index contributed by atoms with van der Waals surface area (Å²) < 4.78 is 38.7. The van der Waals surface area contributed by atoms with Gasteiger partial charge in [-0.2, -0.15) is 13.2 Å². The molecule has 0 unspecified atom stereocenters. The van der Waals surface area contributed by atoms with E-state index in [-0.39, 0.29) is 13.1 Å². The molecule has 1 saturated heterocycles. The molecule has 2 nitrogen and oxygen atoms in total. The summed E-state index contributed by atoms with van der Waals surface area (Å²) in [6, 6.07) is 4.60. The lowest BCUT2D eigenvalue weighted by Crippen LogP contribution is -2.09. The SMILES string of the molecule is FC(F)(F)c1cc(-c2cccs2)nc(SCP2CC2)n1. The summed E-state index contributed by atoms with van der Waals surface area (Å²) in [5, 5.41) is 2.06. The zero-order valence-corrected chi connectivity index (χ0v) is 12.8. The monoisotopic (exact) mass is 334 g/mol. The molecule has 2 aromatic heterocycles. The minimum absolute atomic E-state index is 0.0378. The zero-order chi connectivity index (χ0) is 14.2. The Morgan fingerprint density at radius 1 is 1.30 bits per heavy atom. The fraction of sp³-hybridized carbons (Fsp3) is 0.333. The third-order valence-corrected chi connectivity index (χ3v) is 7.08. The fourth-order valence-corrected chi connectivity index (χ4v) is 5.34. The van der Waals surface area contributed by atoms with Gasteiger partial charge in [0.05, 0.1) is 10.6 Å². The molecular weight excluding hydrogens is 324 g/mol. The van der Waals surface area contributed by atoms with Gasteiger partial charge in [-0.25, -0.2) is 9.97 Å². The highest BCUT2D eigenvalue weighted by Crippen LogP contribution is 2.53. The minimum atomic E-state index is -4.44. The minimum Gasteiger partial charge on any atom is -0.222 e. The van der Waals surface area contributed by atoms with Gasteiger partial charge in [-0.1, -0.05) is 25.7 Å². The van der Waals surface area contributed by atoms with Crippen molar-refractivity contribution in [3.63, 3.8) is 0 Å². The van der Waals surface area contributed by atoms with Crippen LogP contribution < -0.4 is 0 Å². The van der Waals surface area contributed by atoms with Crippen LogP contribution in [0.3, 0.4) is 0 Å². The van der Waals surface area contributed by atoms with E-state index in [0.717, 1.165) is 16.4 Å². The van der Waals surface area contributed by atoms with Gasteiger partial charge in [0.25, 0.3) is 0 Å². The number of aromatic nitrogens is 2. The predicted molar refractivity (Wildman–Crippen MR) is 77.7 cm³/mol. The Hall–Kier alpha value is -0.650. The second kappa shape index (κ2) is 5.62. The Balaban J connectivity index is 1.93. The molecule has 0 radical (unpaired) electrons. The smallest absolute Gasteiger partial charge is 0.222 e. The van der Waals surface area contributed by atoms with E-state index < -0.39 is 11.9 Å². The van der Waals surface area contributed by atoms with Crippen LogP contribution in [0.25, 0.3) is 10.6 Å². The standard InChI is InChI=1S/C12H10F3N2PS2/c13-12(14,15)10-6-8(9-2-1-5-19-9)16-11(17-10)20-7-18-3-4-18/h1-2,5-6H,3-4,7H2. The van der Waals surface area contributed by atoms with Crippen LogP contribution in [-0.4, -0.2) is 27.8 Å². The first-order chi connectivity index (χ1) is 9.52. The zero-order valence-electron chi connectivity index (χ0n) is 10.2. The largest absolute Gasteiger partial charge is 0.433 e. The van der Waals surface area contributed by atoms with Gasteiger partial charge in [0, 0.05) is 5.49 Å². The maximum Gasteiger partial charge on any atom is 0.433 e. The van der Waals surface area contributed by atoms with Crippen LogP contribution in [0, 0.1) is 0 Å². The molecule has 0 amide bonds. The van der Waals surface area contributed by atoms with E-state index >= 15 is 0 Å². The molecule has 0 bridgehead atoms. The maximum absolute atomic E-state index is 12.9. The molecule has 0 saturated carbocycles. The van der Waals surface area contributed by atoms with E-state index in [9.17, 15) is 13.2 Å². The molecule has 0 spiro atoms. The van der Waals surface area contributed by atoms with Gasteiger partial charge in [-0.15, -0.1) is 11.3 Å². The van der Waals surface area contributed by atoms with Crippen LogP contribution in [0.2, 0.25) is 0 Å². The molecule has 2 aromatic rings. The average Bonchev–Trinajstić information content (AvgIpc) is 3.07. The molecule has 0 aromatic carbocycles. The maximum atomic E-state index is 12.9. The first kappa shape index (κ1) is 14.3. The molecule has 1 aliphatic heterocycles. The van der Waals surface area contributed by atoms with Crippen LogP contribution in [-0.2, 0) is 6.18 Å². The molecule has 3 heterocycles. The molecule has 1 aliphatic rings. The average molecular weight is 334 g/mol. The van der Waals surface area contributed by atoms with E-state index in [2.05, 4.69) is 9.97 Å². The number of hydrogen-bond acceptors (Lipinski definition) is 4. The van der Waals surface area contributed by atoms with Crippen molar-refractivity contribution in [3.05, 3.63) is 29.3 Å². The van der Waals surface area contributed by atoms with Crippen molar-refractivity contribution in [1.82, 2.24) is 9.97 Å². The number of nitrogens with zero attached hydrogens (tertiary/aromatic N) is 2. The Labute approximate surface area is 123 Å². The van der Waals surface area contributed by atoms with Crippen LogP contribution in [0.1, 0.15) is 5.69 Å². The van der Waals surface area contributed by atoms with Crippen LogP contribution in [0.5, 0.6) is 0 Å². The number of halogens is 3.